The number of carbonyl (C=O) groups excluding carboxylic acids is 2. The molecular weight excluding hydrogens is 274 g/mol. The third-order valence-electron chi connectivity index (χ3n) is 6.72. The number of piperidine rings is 1. The molecule has 22 heavy (non-hydrogen) atoms. The van der Waals surface area contributed by atoms with E-state index < -0.39 is 0 Å². The molecule has 1 aromatic carbocycles. The van der Waals surface area contributed by atoms with E-state index in [1.807, 2.05) is 30.3 Å². The third kappa shape index (κ3) is 1.72. The van der Waals surface area contributed by atoms with Crippen molar-refractivity contribution < 1.29 is 9.59 Å². The van der Waals surface area contributed by atoms with Gasteiger partial charge in [-0.2, -0.15) is 0 Å². The van der Waals surface area contributed by atoms with Crippen molar-refractivity contribution in [3.63, 3.8) is 0 Å². The van der Waals surface area contributed by atoms with E-state index in [2.05, 4.69) is 4.90 Å². The number of ketones is 2. The van der Waals surface area contributed by atoms with Gasteiger partial charge in [0.25, 0.3) is 0 Å². The van der Waals surface area contributed by atoms with Crippen LogP contribution in [0.5, 0.6) is 0 Å². The highest BCUT2D eigenvalue weighted by Crippen LogP contribution is 2.71. The summed E-state index contributed by atoms with van der Waals surface area (Å²) >= 11 is 0. The molecule has 4 fully saturated rings. The Bertz CT molecular complexity index is 655. The molecule has 114 valence electrons. The first-order valence-electron chi connectivity index (χ1n) is 8.54. The van der Waals surface area contributed by atoms with Gasteiger partial charge in [0.1, 0.15) is 5.78 Å². The number of hydrogen-bond donors (Lipinski definition) is 0. The van der Waals surface area contributed by atoms with Crippen LogP contribution in [0.4, 0.5) is 0 Å². The van der Waals surface area contributed by atoms with E-state index in [-0.39, 0.29) is 5.78 Å². The van der Waals surface area contributed by atoms with Crippen LogP contribution in [0.2, 0.25) is 0 Å². The van der Waals surface area contributed by atoms with Crippen LogP contribution < -0.4 is 0 Å². The average Bonchev–Trinajstić information content (AvgIpc) is 3.42. The molecule has 3 saturated carbocycles. The van der Waals surface area contributed by atoms with Crippen molar-refractivity contribution in [2.45, 2.75) is 31.7 Å². The monoisotopic (exact) mass is 295 g/mol. The van der Waals surface area contributed by atoms with Crippen molar-refractivity contribution in [3.8, 4) is 0 Å². The van der Waals surface area contributed by atoms with Gasteiger partial charge in [-0.1, -0.05) is 30.3 Å². The standard InChI is InChI=1S/C19H21NO2/c21-17-10-19(14-8-13(14)17)6-7-20(16-9-15(16)19)11-18(22)12-4-2-1-3-5-12/h1-5,13-16H,6-11H2. The van der Waals surface area contributed by atoms with E-state index >= 15 is 0 Å². The Kier molecular flexibility index (Phi) is 2.53. The summed E-state index contributed by atoms with van der Waals surface area (Å²) in [6.07, 6.45) is 4.33. The van der Waals surface area contributed by atoms with Gasteiger partial charge in [-0.3, -0.25) is 14.5 Å². The van der Waals surface area contributed by atoms with Crippen LogP contribution >= 0.6 is 0 Å². The molecular formula is C19H21NO2. The predicted molar refractivity (Wildman–Crippen MR) is 82.5 cm³/mol. The Labute approximate surface area is 130 Å². The van der Waals surface area contributed by atoms with Crippen molar-refractivity contribution in [2.24, 2.45) is 23.2 Å². The summed E-state index contributed by atoms with van der Waals surface area (Å²) in [5, 5.41) is 0. The molecule has 3 heteroatoms. The number of nitrogens with zero attached hydrogens (tertiary/aromatic N) is 1. The highest BCUT2D eigenvalue weighted by atomic mass is 16.1. The van der Waals surface area contributed by atoms with Crippen LogP contribution in [0.3, 0.4) is 0 Å². The Morgan fingerprint density at radius 3 is 2.68 bits per heavy atom. The summed E-state index contributed by atoms with van der Waals surface area (Å²) in [7, 11) is 0. The molecule has 1 spiro atoms. The second kappa shape index (κ2) is 4.29. The lowest BCUT2D eigenvalue weighted by molar-refractivity contribution is -0.120. The number of fused-ring (bicyclic) bond motifs is 4. The van der Waals surface area contributed by atoms with Crippen molar-refractivity contribution >= 4 is 11.6 Å². The first kappa shape index (κ1) is 13.0. The van der Waals surface area contributed by atoms with Gasteiger partial charge >= 0.3 is 0 Å². The molecule has 1 aliphatic heterocycles. The van der Waals surface area contributed by atoms with Gasteiger partial charge in [0.05, 0.1) is 6.54 Å². The molecule has 1 saturated heterocycles. The zero-order chi connectivity index (χ0) is 14.9. The lowest BCUT2D eigenvalue weighted by Gasteiger charge is -2.39. The minimum absolute atomic E-state index is 0.231. The van der Waals surface area contributed by atoms with Gasteiger partial charge in [0, 0.05) is 23.9 Å². The van der Waals surface area contributed by atoms with Gasteiger partial charge in [0.2, 0.25) is 0 Å². The summed E-state index contributed by atoms with van der Waals surface area (Å²) in [6.45, 7) is 1.54. The molecule has 4 aliphatic rings. The van der Waals surface area contributed by atoms with Crippen LogP contribution in [0.15, 0.2) is 30.3 Å². The second-order valence-corrected chi connectivity index (χ2v) is 7.74. The predicted octanol–water partition coefficient (Wildman–Crippen LogP) is 2.56. The summed E-state index contributed by atoms with van der Waals surface area (Å²) in [6, 6.07) is 10.2. The molecule has 1 heterocycles. The van der Waals surface area contributed by atoms with Crippen molar-refractivity contribution in [1.82, 2.24) is 4.90 Å². The molecule has 5 rings (SSSR count). The molecule has 0 N–H and O–H groups in total. The highest BCUT2D eigenvalue weighted by Gasteiger charge is 2.71. The maximum Gasteiger partial charge on any atom is 0.176 e. The summed E-state index contributed by atoms with van der Waals surface area (Å²) < 4.78 is 0. The summed E-state index contributed by atoms with van der Waals surface area (Å²) in [5.74, 6) is 2.56. The molecule has 1 aromatic rings. The molecule has 5 atom stereocenters. The number of hydrogen-bond acceptors (Lipinski definition) is 3. The fourth-order valence-corrected chi connectivity index (χ4v) is 5.45. The van der Waals surface area contributed by atoms with Crippen molar-refractivity contribution in [2.75, 3.05) is 13.1 Å². The maximum absolute atomic E-state index is 12.4. The maximum atomic E-state index is 12.4. The molecule has 0 aromatic heterocycles. The number of likely N-dealkylation sites (tertiary alicyclic amines) is 1. The lowest BCUT2D eigenvalue weighted by atomic mass is 9.72. The van der Waals surface area contributed by atoms with Gasteiger partial charge in [-0.25, -0.2) is 0 Å². The minimum atomic E-state index is 0.231. The van der Waals surface area contributed by atoms with Crippen LogP contribution in [0.25, 0.3) is 0 Å². The summed E-state index contributed by atoms with van der Waals surface area (Å²) in [5.41, 5.74) is 1.15. The summed E-state index contributed by atoms with van der Waals surface area (Å²) in [4.78, 5) is 26.8. The fraction of sp³-hybridized carbons (Fsp3) is 0.579. The zero-order valence-corrected chi connectivity index (χ0v) is 12.7. The SMILES string of the molecule is O=C(CN1CCC2(CC(=O)C3CC32)C2CC21)c1ccccc1. The third-order valence-corrected chi connectivity index (χ3v) is 6.72. The first-order chi connectivity index (χ1) is 10.7. The van der Waals surface area contributed by atoms with Crippen LogP contribution in [0.1, 0.15) is 36.0 Å². The Balaban J connectivity index is 1.29. The Morgan fingerprint density at radius 1 is 1.18 bits per heavy atom. The minimum Gasteiger partial charge on any atom is -0.299 e. The number of rotatable bonds is 3. The van der Waals surface area contributed by atoms with Crippen molar-refractivity contribution in [1.29, 1.82) is 0 Å². The molecule has 3 nitrogen and oxygen atoms in total. The molecule has 0 bridgehead atoms. The number of benzene rings is 1. The lowest BCUT2D eigenvalue weighted by Crippen LogP contribution is -2.44. The molecule has 3 aliphatic carbocycles. The van der Waals surface area contributed by atoms with Crippen LogP contribution in [0, 0.1) is 23.2 Å². The van der Waals surface area contributed by atoms with Crippen molar-refractivity contribution in [3.05, 3.63) is 35.9 Å². The smallest absolute Gasteiger partial charge is 0.176 e. The fourth-order valence-electron chi connectivity index (χ4n) is 5.45. The van der Waals surface area contributed by atoms with Crippen LogP contribution in [-0.2, 0) is 4.79 Å². The quantitative estimate of drug-likeness (QED) is 0.804. The Morgan fingerprint density at radius 2 is 2.00 bits per heavy atom. The molecule has 0 radical (unpaired) electrons. The van der Waals surface area contributed by atoms with Gasteiger partial charge in [-0.15, -0.1) is 0 Å². The molecule has 0 amide bonds. The van der Waals surface area contributed by atoms with E-state index in [1.165, 1.54) is 6.42 Å². The second-order valence-electron chi connectivity index (χ2n) is 7.74. The topological polar surface area (TPSA) is 37.4 Å². The average molecular weight is 295 g/mol. The van der Waals surface area contributed by atoms with E-state index in [1.54, 1.807) is 0 Å². The van der Waals surface area contributed by atoms with E-state index in [0.717, 1.165) is 31.4 Å². The normalized spacial score (nSPS) is 42.1. The van der Waals surface area contributed by atoms with Gasteiger partial charge < -0.3 is 0 Å². The van der Waals surface area contributed by atoms with E-state index in [0.29, 0.717) is 41.5 Å². The Hall–Kier alpha value is -1.48. The van der Waals surface area contributed by atoms with E-state index in [9.17, 15) is 9.59 Å². The highest BCUT2D eigenvalue weighted by molar-refractivity contribution is 5.97. The van der Waals surface area contributed by atoms with E-state index in [4.69, 9.17) is 0 Å². The largest absolute Gasteiger partial charge is 0.299 e. The zero-order valence-electron chi connectivity index (χ0n) is 12.7. The number of carbonyl (C=O) groups is 2. The number of Topliss-reactive ketones (excluding diaryl/α,β-unsaturated/α-hetero) is 2. The van der Waals surface area contributed by atoms with Crippen LogP contribution in [-0.4, -0.2) is 35.6 Å². The first-order valence-corrected chi connectivity index (χ1v) is 8.54. The molecule has 5 unspecified atom stereocenters. The van der Waals surface area contributed by atoms with Gasteiger partial charge in [0.15, 0.2) is 5.78 Å². The van der Waals surface area contributed by atoms with Gasteiger partial charge in [-0.05, 0) is 43.1 Å².